The molecule has 0 aliphatic carbocycles. The van der Waals surface area contributed by atoms with Gasteiger partial charge >= 0.3 is 0 Å². The van der Waals surface area contributed by atoms with Crippen molar-refractivity contribution in [1.29, 1.82) is 0 Å². The van der Waals surface area contributed by atoms with Crippen LogP contribution >= 0.6 is 35.0 Å². The molecule has 138 valence electrons. The van der Waals surface area contributed by atoms with Crippen LogP contribution in [0.2, 0.25) is 10.0 Å². The van der Waals surface area contributed by atoms with Crippen molar-refractivity contribution < 1.29 is 0 Å². The molecule has 2 aliphatic heterocycles. The Morgan fingerprint density at radius 2 is 2.08 bits per heavy atom. The number of aromatic nitrogens is 2. The Balaban J connectivity index is 1.45. The lowest BCUT2D eigenvalue weighted by molar-refractivity contribution is 0.359. The summed E-state index contributed by atoms with van der Waals surface area (Å²) in [6.45, 7) is 4.32. The highest BCUT2D eigenvalue weighted by atomic mass is 35.5. The van der Waals surface area contributed by atoms with Gasteiger partial charge in [-0.1, -0.05) is 48.0 Å². The molecule has 0 amide bonds. The van der Waals surface area contributed by atoms with Gasteiger partial charge in [-0.05, 0) is 44.2 Å². The lowest BCUT2D eigenvalue weighted by atomic mass is 9.97. The maximum absolute atomic E-state index is 6.28. The van der Waals surface area contributed by atoms with E-state index in [1.807, 2.05) is 25.3 Å². The van der Waals surface area contributed by atoms with Crippen molar-refractivity contribution in [3.8, 4) is 0 Å². The number of piperidine rings is 1. The van der Waals surface area contributed by atoms with Gasteiger partial charge in [-0.15, -0.1) is 0 Å². The highest BCUT2D eigenvalue weighted by Gasteiger charge is 2.38. The molecule has 2 bridgehead atoms. The second-order valence-corrected chi connectivity index (χ2v) is 9.11. The second-order valence-electron chi connectivity index (χ2n) is 7.30. The summed E-state index contributed by atoms with van der Waals surface area (Å²) in [5, 5.41) is 9.25. The van der Waals surface area contributed by atoms with E-state index in [0.29, 0.717) is 28.2 Å². The van der Waals surface area contributed by atoms with Gasteiger partial charge in [0.25, 0.3) is 0 Å². The Morgan fingerprint density at radius 3 is 2.85 bits per heavy atom. The van der Waals surface area contributed by atoms with Crippen LogP contribution in [0.25, 0.3) is 0 Å². The molecule has 1 aromatic carbocycles. The number of fused-ring (bicyclic) bond motifs is 2. The Morgan fingerprint density at radius 1 is 1.23 bits per heavy atom. The van der Waals surface area contributed by atoms with Crippen molar-refractivity contribution in [3.05, 3.63) is 40.1 Å². The summed E-state index contributed by atoms with van der Waals surface area (Å²) < 4.78 is 0. The van der Waals surface area contributed by atoms with Gasteiger partial charge in [-0.25, -0.2) is 9.97 Å². The van der Waals surface area contributed by atoms with Crippen LogP contribution in [0.1, 0.15) is 31.9 Å². The molecule has 2 aliphatic rings. The monoisotopic (exact) mass is 408 g/mol. The number of nitrogens with one attached hydrogen (secondary N) is 2. The third kappa shape index (κ3) is 3.81. The average molecular weight is 409 g/mol. The molecule has 3 heterocycles. The summed E-state index contributed by atoms with van der Waals surface area (Å²) in [5.41, 5.74) is 0.890. The van der Waals surface area contributed by atoms with Crippen molar-refractivity contribution in [2.75, 3.05) is 5.32 Å². The predicted octanol–water partition coefficient (Wildman–Crippen LogP) is 5.18. The van der Waals surface area contributed by atoms with E-state index in [1.165, 1.54) is 18.2 Å². The van der Waals surface area contributed by atoms with Crippen LogP contribution in [0.5, 0.6) is 0 Å². The van der Waals surface area contributed by atoms with Gasteiger partial charge < -0.3 is 10.6 Å². The molecule has 2 N–H and O–H groups in total. The van der Waals surface area contributed by atoms with Gasteiger partial charge in [-0.3, -0.25) is 0 Å². The van der Waals surface area contributed by atoms with Gasteiger partial charge in [0.1, 0.15) is 10.8 Å². The molecule has 4 unspecified atom stereocenters. The zero-order chi connectivity index (χ0) is 18.3. The Kier molecular flexibility index (Phi) is 5.33. The fourth-order valence-electron chi connectivity index (χ4n) is 3.99. The molecular weight excluding hydrogens is 387 g/mol. The summed E-state index contributed by atoms with van der Waals surface area (Å²) in [6.07, 6.45) is 5.40. The van der Waals surface area contributed by atoms with E-state index < -0.39 is 0 Å². The SMILES string of the molecule is Cc1nc(NC2CC3CC(C)C(C2)N3)cnc1Sc1cccc(Cl)c1Cl. The number of halogens is 2. The maximum Gasteiger partial charge on any atom is 0.145 e. The molecular formula is C19H22Cl2N4S. The Labute approximate surface area is 168 Å². The summed E-state index contributed by atoms with van der Waals surface area (Å²) in [5.74, 6) is 1.61. The lowest BCUT2D eigenvalue weighted by Gasteiger charge is -2.30. The van der Waals surface area contributed by atoms with Crippen LogP contribution in [0.4, 0.5) is 5.82 Å². The average Bonchev–Trinajstić information content (AvgIpc) is 2.86. The van der Waals surface area contributed by atoms with E-state index in [0.717, 1.165) is 40.2 Å². The number of anilines is 1. The van der Waals surface area contributed by atoms with Gasteiger partial charge in [0.05, 0.1) is 21.9 Å². The first-order valence-corrected chi connectivity index (χ1v) is 10.5. The zero-order valence-corrected chi connectivity index (χ0v) is 17.1. The Hall–Kier alpha value is -1.01. The molecule has 2 saturated heterocycles. The van der Waals surface area contributed by atoms with Crippen molar-refractivity contribution in [2.24, 2.45) is 5.92 Å². The number of rotatable bonds is 4. The first-order chi connectivity index (χ1) is 12.5. The molecule has 0 saturated carbocycles. The topological polar surface area (TPSA) is 49.8 Å². The lowest BCUT2D eigenvalue weighted by Crippen LogP contribution is -2.44. The molecule has 4 atom stereocenters. The van der Waals surface area contributed by atoms with E-state index >= 15 is 0 Å². The fourth-order valence-corrected chi connectivity index (χ4v) is 5.32. The van der Waals surface area contributed by atoms with E-state index in [9.17, 15) is 0 Å². The zero-order valence-electron chi connectivity index (χ0n) is 14.8. The highest BCUT2D eigenvalue weighted by molar-refractivity contribution is 7.99. The minimum Gasteiger partial charge on any atom is -0.366 e. The molecule has 2 aromatic rings. The minimum atomic E-state index is 0.464. The second kappa shape index (κ2) is 7.55. The number of hydrogen-bond donors (Lipinski definition) is 2. The van der Waals surface area contributed by atoms with Gasteiger partial charge in [0, 0.05) is 23.0 Å². The summed E-state index contributed by atoms with van der Waals surface area (Å²) in [4.78, 5) is 10.2. The van der Waals surface area contributed by atoms with Crippen LogP contribution in [0, 0.1) is 12.8 Å². The van der Waals surface area contributed by atoms with Gasteiger partial charge in [0.2, 0.25) is 0 Å². The number of hydrogen-bond acceptors (Lipinski definition) is 5. The Bertz CT molecular complexity index is 814. The first kappa shape index (κ1) is 18.4. The van der Waals surface area contributed by atoms with Crippen LogP contribution in [0.3, 0.4) is 0 Å². The first-order valence-electron chi connectivity index (χ1n) is 8.97. The van der Waals surface area contributed by atoms with Crippen molar-refractivity contribution in [3.63, 3.8) is 0 Å². The van der Waals surface area contributed by atoms with Crippen LogP contribution in [0.15, 0.2) is 34.3 Å². The summed E-state index contributed by atoms with van der Waals surface area (Å²) in [7, 11) is 0. The molecule has 2 fully saturated rings. The molecule has 7 heteroatoms. The van der Waals surface area contributed by atoms with Gasteiger partial charge in [0.15, 0.2) is 0 Å². The van der Waals surface area contributed by atoms with Crippen LogP contribution < -0.4 is 10.6 Å². The quantitative estimate of drug-likeness (QED) is 0.729. The highest BCUT2D eigenvalue weighted by Crippen LogP contribution is 2.37. The van der Waals surface area contributed by atoms with E-state index in [2.05, 4.69) is 22.5 Å². The van der Waals surface area contributed by atoms with Crippen LogP contribution in [-0.2, 0) is 0 Å². The maximum atomic E-state index is 6.28. The normalized spacial score (nSPS) is 27.5. The smallest absolute Gasteiger partial charge is 0.145 e. The van der Waals surface area contributed by atoms with Crippen LogP contribution in [-0.4, -0.2) is 28.1 Å². The molecule has 0 radical (unpaired) electrons. The van der Waals surface area contributed by atoms with Gasteiger partial charge in [-0.2, -0.15) is 0 Å². The van der Waals surface area contributed by atoms with Crippen molar-refractivity contribution >= 4 is 40.8 Å². The largest absolute Gasteiger partial charge is 0.366 e. The molecule has 4 rings (SSSR count). The summed E-state index contributed by atoms with van der Waals surface area (Å²) in [6, 6.07) is 7.34. The van der Waals surface area contributed by atoms with Crippen molar-refractivity contribution in [2.45, 2.75) is 61.2 Å². The predicted molar refractivity (Wildman–Crippen MR) is 108 cm³/mol. The summed E-state index contributed by atoms with van der Waals surface area (Å²) >= 11 is 13.9. The molecule has 0 spiro atoms. The van der Waals surface area contributed by atoms with E-state index in [4.69, 9.17) is 28.2 Å². The van der Waals surface area contributed by atoms with E-state index in [1.54, 1.807) is 6.07 Å². The molecule has 4 nitrogen and oxygen atoms in total. The number of aryl methyl sites for hydroxylation is 1. The van der Waals surface area contributed by atoms with Crippen molar-refractivity contribution in [1.82, 2.24) is 15.3 Å². The minimum absolute atomic E-state index is 0.464. The third-order valence-electron chi connectivity index (χ3n) is 5.28. The molecule has 26 heavy (non-hydrogen) atoms. The number of benzene rings is 1. The third-order valence-corrected chi connectivity index (χ3v) is 7.36. The van der Waals surface area contributed by atoms with E-state index in [-0.39, 0.29) is 0 Å². The fraction of sp³-hybridized carbons (Fsp3) is 0.474. The standard InChI is InChI=1S/C19H22Cl2N4S/c1-10-6-12-7-13(8-15(10)24-12)25-17-9-22-19(11(2)23-17)26-16-5-3-4-14(20)18(16)21/h3-5,9-10,12-13,15,24H,6-8H2,1-2H3,(H,23,25). The molecule has 1 aromatic heterocycles. The number of nitrogens with zero attached hydrogens (tertiary/aromatic N) is 2.